The van der Waals surface area contributed by atoms with Crippen LogP contribution in [0.4, 0.5) is 5.69 Å². The smallest absolute Gasteiger partial charge is 0.295 e. The van der Waals surface area contributed by atoms with Crippen LogP contribution in [0.15, 0.2) is 41.3 Å². The van der Waals surface area contributed by atoms with E-state index in [-0.39, 0.29) is 4.90 Å². The maximum atomic E-state index is 11.7. The van der Waals surface area contributed by atoms with Crippen molar-refractivity contribution in [2.24, 2.45) is 5.41 Å². The van der Waals surface area contributed by atoms with Crippen molar-refractivity contribution in [2.75, 3.05) is 18.0 Å². The molecular formula is C16H17NO3S. The topological polar surface area (TPSA) is 57.6 Å². The van der Waals surface area contributed by atoms with Crippen molar-refractivity contribution in [1.82, 2.24) is 0 Å². The second-order valence-corrected chi connectivity index (χ2v) is 7.71. The van der Waals surface area contributed by atoms with Gasteiger partial charge in [-0.3, -0.25) is 4.55 Å². The average Bonchev–Trinajstić information content (AvgIpc) is 2.33. The Morgan fingerprint density at radius 2 is 1.71 bits per heavy atom. The maximum Gasteiger partial charge on any atom is 0.295 e. The Balaban J connectivity index is 1.86. The lowest BCUT2D eigenvalue weighted by Gasteiger charge is -2.57. The Hall–Kier alpha value is -1.59. The highest BCUT2D eigenvalue weighted by Gasteiger charge is 2.47. The first kappa shape index (κ1) is 13.1. The van der Waals surface area contributed by atoms with Gasteiger partial charge < -0.3 is 4.90 Å². The van der Waals surface area contributed by atoms with Crippen molar-refractivity contribution in [2.45, 2.75) is 24.2 Å². The summed E-state index contributed by atoms with van der Waals surface area (Å²) in [7, 11) is -4.22. The SMILES string of the molecule is O=S(=O)(O)c1cccc2cccc(N3CC4(CCC4)C3)c12. The van der Waals surface area contributed by atoms with E-state index < -0.39 is 10.1 Å². The molecule has 21 heavy (non-hydrogen) atoms. The predicted molar refractivity (Wildman–Crippen MR) is 82.3 cm³/mol. The van der Waals surface area contributed by atoms with Gasteiger partial charge in [0.25, 0.3) is 10.1 Å². The largest absolute Gasteiger partial charge is 0.370 e. The normalized spacial score (nSPS) is 20.3. The zero-order valence-electron chi connectivity index (χ0n) is 11.6. The highest BCUT2D eigenvalue weighted by molar-refractivity contribution is 7.86. The summed E-state index contributed by atoms with van der Waals surface area (Å²) in [5.74, 6) is 0. The summed E-state index contributed by atoms with van der Waals surface area (Å²) < 4.78 is 32.8. The molecule has 1 heterocycles. The van der Waals surface area contributed by atoms with Crippen molar-refractivity contribution < 1.29 is 13.0 Å². The minimum atomic E-state index is -4.22. The van der Waals surface area contributed by atoms with E-state index in [4.69, 9.17) is 0 Å². The fourth-order valence-electron chi connectivity index (χ4n) is 3.69. The standard InChI is InChI=1S/C16H17NO3S/c18-21(19,20)14-7-2-5-12-4-1-6-13(15(12)14)17-10-16(11-17)8-3-9-16/h1-2,4-7H,3,8-11H2,(H,18,19,20). The summed E-state index contributed by atoms with van der Waals surface area (Å²) in [6.07, 6.45) is 3.86. The highest BCUT2D eigenvalue weighted by atomic mass is 32.2. The summed E-state index contributed by atoms with van der Waals surface area (Å²) in [5, 5.41) is 1.48. The minimum absolute atomic E-state index is 0.00478. The lowest BCUT2D eigenvalue weighted by atomic mass is 9.63. The van der Waals surface area contributed by atoms with Gasteiger partial charge in [-0.2, -0.15) is 8.42 Å². The van der Waals surface area contributed by atoms with Gasteiger partial charge in [0.1, 0.15) is 4.90 Å². The zero-order chi connectivity index (χ0) is 14.7. The molecule has 4 rings (SSSR count). The van der Waals surface area contributed by atoms with Crippen LogP contribution in [-0.2, 0) is 10.1 Å². The van der Waals surface area contributed by atoms with Crippen molar-refractivity contribution >= 4 is 26.6 Å². The fraction of sp³-hybridized carbons (Fsp3) is 0.375. The van der Waals surface area contributed by atoms with E-state index in [0.717, 1.165) is 24.2 Å². The summed E-state index contributed by atoms with van der Waals surface area (Å²) in [4.78, 5) is 2.24. The monoisotopic (exact) mass is 303 g/mol. The summed E-state index contributed by atoms with van der Waals surface area (Å²) in [6, 6.07) is 10.8. The van der Waals surface area contributed by atoms with E-state index in [1.54, 1.807) is 6.07 Å². The molecule has 110 valence electrons. The van der Waals surface area contributed by atoms with Gasteiger partial charge in [-0.25, -0.2) is 0 Å². The summed E-state index contributed by atoms with van der Waals surface area (Å²) in [6.45, 7) is 1.98. The van der Waals surface area contributed by atoms with Gasteiger partial charge in [-0.05, 0) is 30.4 Å². The zero-order valence-corrected chi connectivity index (χ0v) is 12.4. The molecule has 1 saturated heterocycles. The molecule has 1 saturated carbocycles. The van der Waals surface area contributed by atoms with Crippen molar-refractivity contribution in [3.8, 4) is 0 Å². The van der Waals surface area contributed by atoms with Crippen LogP contribution in [0.1, 0.15) is 19.3 Å². The van der Waals surface area contributed by atoms with Gasteiger partial charge in [0.05, 0.1) is 0 Å². The van der Waals surface area contributed by atoms with E-state index in [2.05, 4.69) is 4.90 Å². The van der Waals surface area contributed by atoms with Gasteiger partial charge in [-0.1, -0.05) is 30.7 Å². The molecule has 0 atom stereocenters. The quantitative estimate of drug-likeness (QED) is 0.866. The Kier molecular flexibility index (Phi) is 2.63. The maximum absolute atomic E-state index is 11.7. The number of hydrogen-bond donors (Lipinski definition) is 1. The molecular weight excluding hydrogens is 286 g/mol. The molecule has 5 heteroatoms. The molecule has 2 aromatic rings. The van der Waals surface area contributed by atoms with Gasteiger partial charge in [0, 0.05) is 29.6 Å². The van der Waals surface area contributed by atoms with Crippen LogP contribution in [-0.4, -0.2) is 26.1 Å². The Bertz CT molecular complexity index is 811. The molecule has 1 aliphatic heterocycles. The molecule has 0 bridgehead atoms. The average molecular weight is 303 g/mol. The first-order valence-corrected chi connectivity index (χ1v) is 8.67. The number of rotatable bonds is 2. The number of fused-ring (bicyclic) bond motifs is 1. The first-order valence-electron chi connectivity index (χ1n) is 7.23. The van der Waals surface area contributed by atoms with Crippen molar-refractivity contribution in [3.63, 3.8) is 0 Å². The molecule has 1 aliphatic carbocycles. The Morgan fingerprint density at radius 1 is 1.05 bits per heavy atom. The lowest BCUT2D eigenvalue weighted by molar-refractivity contribution is 0.0906. The second kappa shape index (κ2) is 4.21. The minimum Gasteiger partial charge on any atom is -0.370 e. The van der Waals surface area contributed by atoms with E-state index in [1.807, 2.05) is 24.3 Å². The predicted octanol–water partition coefficient (Wildman–Crippen LogP) is 3.08. The van der Waals surface area contributed by atoms with Crippen LogP contribution in [0, 0.1) is 5.41 Å². The van der Waals surface area contributed by atoms with Gasteiger partial charge in [0.15, 0.2) is 0 Å². The second-order valence-electron chi connectivity index (χ2n) is 6.32. The third-order valence-corrected chi connectivity index (χ3v) is 5.83. The summed E-state index contributed by atoms with van der Waals surface area (Å²) in [5.41, 5.74) is 1.38. The fourth-order valence-corrected chi connectivity index (χ4v) is 4.42. The van der Waals surface area contributed by atoms with E-state index in [1.165, 1.54) is 25.3 Å². The van der Waals surface area contributed by atoms with Crippen molar-refractivity contribution in [1.29, 1.82) is 0 Å². The van der Waals surface area contributed by atoms with Crippen molar-refractivity contribution in [3.05, 3.63) is 36.4 Å². The van der Waals surface area contributed by atoms with Gasteiger partial charge >= 0.3 is 0 Å². The molecule has 2 aliphatic rings. The van der Waals surface area contributed by atoms with Crippen LogP contribution in [0.3, 0.4) is 0 Å². The Labute approximate surface area is 124 Å². The first-order chi connectivity index (χ1) is 9.99. The van der Waals surface area contributed by atoms with Crippen LogP contribution >= 0.6 is 0 Å². The van der Waals surface area contributed by atoms with Crippen LogP contribution in [0.2, 0.25) is 0 Å². The molecule has 4 nitrogen and oxygen atoms in total. The Morgan fingerprint density at radius 3 is 2.29 bits per heavy atom. The van der Waals surface area contributed by atoms with Crippen LogP contribution in [0.25, 0.3) is 10.8 Å². The van der Waals surface area contributed by atoms with Gasteiger partial charge in [-0.15, -0.1) is 0 Å². The molecule has 1 N–H and O–H groups in total. The third-order valence-electron chi connectivity index (χ3n) is 4.93. The number of anilines is 1. The van der Waals surface area contributed by atoms with E-state index in [0.29, 0.717) is 10.8 Å². The molecule has 0 unspecified atom stereocenters. The highest BCUT2D eigenvalue weighted by Crippen LogP contribution is 2.50. The molecule has 0 amide bonds. The molecule has 0 aromatic heterocycles. The van der Waals surface area contributed by atoms with E-state index in [9.17, 15) is 13.0 Å². The van der Waals surface area contributed by atoms with Crippen LogP contribution < -0.4 is 4.90 Å². The number of nitrogens with zero attached hydrogens (tertiary/aromatic N) is 1. The lowest BCUT2D eigenvalue weighted by Crippen LogP contribution is -2.59. The number of hydrogen-bond acceptors (Lipinski definition) is 3. The molecule has 2 fully saturated rings. The molecule has 1 spiro atoms. The van der Waals surface area contributed by atoms with E-state index >= 15 is 0 Å². The third kappa shape index (κ3) is 1.95. The van der Waals surface area contributed by atoms with Gasteiger partial charge in [0.2, 0.25) is 0 Å². The molecule has 0 radical (unpaired) electrons. The molecule has 2 aromatic carbocycles. The summed E-state index contributed by atoms with van der Waals surface area (Å²) >= 11 is 0. The number of benzene rings is 2. The van der Waals surface area contributed by atoms with Crippen LogP contribution in [0.5, 0.6) is 0 Å².